The minimum Gasteiger partial charge on any atom is -0.252 e. The molecule has 2 aromatic heterocycles. The third kappa shape index (κ3) is 2.49. The number of hydrogen-bond acceptors (Lipinski definition) is 2. The van der Waals surface area contributed by atoms with Crippen molar-refractivity contribution >= 4 is 33.4 Å². The lowest BCUT2D eigenvalue weighted by atomic mass is 10.1. The molecule has 2 heterocycles. The van der Waals surface area contributed by atoms with Gasteiger partial charge in [-0.2, -0.15) is 5.10 Å². The van der Waals surface area contributed by atoms with E-state index in [0.29, 0.717) is 15.9 Å². The van der Waals surface area contributed by atoms with E-state index in [4.69, 9.17) is 16.7 Å². The normalized spacial score (nSPS) is 11.3. The first-order chi connectivity index (χ1) is 13.2. The Bertz CT molecular complexity index is 1300. The van der Waals surface area contributed by atoms with Crippen molar-refractivity contribution in [3.63, 3.8) is 0 Å². The van der Waals surface area contributed by atoms with Gasteiger partial charge in [0.25, 0.3) is 0 Å². The second kappa shape index (κ2) is 6.18. The van der Waals surface area contributed by atoms with Gasteiger partial charge in [-0.05, 0) is 18.2 Å². The van der Waals surface area contributed by atoms with Crippen LogP contribution in [0.3, 0.4) is 0 Å². The zero-order chi connectivity index (χ0) is 18.4. The molecule has 5 heteroatoms. The molecule has 0 radical (unpaired) electrons. The van der Waals surface area contributed by atoms with Gasteiger partial charge in [-0.25, -0.2) is 9.07 Å². The van der Waals surface area contributed by atoms with Crippen LogP contribution in [0.2, 0.25) is 5.02 Å². The summed E-state index contributed by atoms with van der Waals surface area (Å²) in [5.74, 6) is -0.359. The molecule has 0 aliphatic rings. The summed E-state index contributed by atoms with van der Waals surface area (Å²) in [6, 6.07) is 22.3. The lowest BCUT2D eigenvalue weighted by molar-refractivity contribution is 0.637. The smallest absolute Gasteiger partial charge is 0.149 e. The van der Waals surface area contributed by atoms with E-state index in [-0.39, 0.29) is 5.82 Å². The maximum Gasteiger partial charge on any atom is 0.149 e. The molecule has 0 amide bonds. The maximum absolute atomic E-state index is 14.3. The Morgan fingerprint density at radius 2 is 1.59 bits per heavy atom. The van der Waals surface area contributed by atoms with Crippen LogP contribution >= 0.6 is 11.6 Å². The van der Waals surface area contributed by atoms with Crippen molar-refractivity contribution in [1.82, 2.24) is 14.8 Å². The van der Waals surface area contributed by atoms with Gasteiger partial charge in [-0.3, -0.25) is 4.98 Å². The predicted octanol–water partition coefficient (Wildman–Crippen LogP) is 6.03. The van der Waals surface area contributed by atoms with Crippen LogP contribution in [-0.2, 0) is 0 Å². The van der Waals surface area contributed by atoms with E-state index < -0.39 is 0 Å². The Morgan fingerprint density at radius 1 is 0.815 bits per heavy atom. The van der Waals surface area contributed by atoms with Crippen molar-refractivity contribution in [3.8, 4) is 16.9 Å². The lowest BCUT2D eigenvalue weighted by Gasteiger charge is -2.07. The Balaban J connectivity index is 1.96. The quantitative estimate of drug-likeness (QED) is 0.378. The molecule has 0 fully saturated rings. The minimum atomic E-state index is -0.359. The summed E-state index contributed by atoms with van der Waals surface area (Å²) in [5.41, 5.74) is 3.59. The highest BCUT2D eigenvalue weighted by Gasteiger charge is 2.19. The first kappa shape index (κ1) is 16.0. The zero-order valence-corrected chi connectivity index (χ0v) is 14.9. The molecule has 0 N–H and O–H groups in total. The highest BCUT2D eigenvalue weighted by Crippen LogP contribution is 2.35. The number of para-hydroxylation sites is 2. The molecule has 5 aromatic rings. The average molecular weight is 374 g/mol. The van der Waals surface area contributed by atoms with Gasteiger partial charge >= 0.3 is 0 Å². The Kier molecular flexibility index (Phi) is 3.66. The van der Waals surface area contributed by atoms with Crippen molar-refractivity contribution in [3.05, 3.63) is 89.8 Å². The van der Waals surface area contributed by atoms with Crippen molar-refractivity contribution < 1.29 is 4.39 Å². The lowest BCUT2D eigenvalue weighted by Crippen LogP contribution is -1.98. The average Bonchev–Trinajstić information content (AvgIpc) is 3.09. The second-order valence-electron chi connectivity index (χ2n) is 6.23. The van der Waals surface area contributed by atoms with Crippen LogP contribution < -0.4 is 0 Å². The van der Waals surface area contributed by atoms with Crippen LogP contribution in [0.5, 0.6) is 0 Å². The summed E-state index contributed by atoms with van der Waals surface area (Å²) < 4.78 is 16.1. The van der Waals surface area contributed by atoms with Gasteiger partial charge in [0.2, 0.25) is 0 Å². The first-order valence-corrected chi connectivity index (χ1v) is 8.88. The van der Waals surface area contributed by atoms with E-state index in [2.05, 4.69) is 4.98 Å². The third-order valence-corrected chi connectivity index (χ3v) is 4.93. The fourth-order valence-electron chi connectivity index (χ4n) is 3.39. The number of aromatic nitrogens is 3. The predicted molar refractivity (Wildman–Crippen MR) is 107 cm³/mol. The summed E-state index contributed by atoms with van der Waals surface area (Å²) in [4.78, 5) is 4.36. The van der Waals surface area contributed by atoms with Crippen LogP contribution in [0.25, 0.3) is 38.8 Å². The minimum absolute atomic E-state index is 0.317. The number of fused-ring (bicyclic) bond motifs is 3. The monoisotopic (exact) mass is 373 g/mol. The number of benzene rings is 3. The van der Waals surface area contributed by atoms with Crippen LogP contribution in [0.4, 0.5) is 4.39 Å². The molecule has 27 heavy (non-hydrogen) atoms. The summed E-state index contributed by atoms with van der Waals surface area (Å²) >= 11 is 6.45. The molecular weight excluding hydrogens is 361 g/mol. The Morgan fingerprint density at radius 3 is 2.41 bits per heavy atom. The largest absolute Gasteiger partial charge is 0.252 e. The SMILES string of the molecule is Fc1cccc2c1ncc1c(-c3ccccc3)nn(-c3ccccc3Cl)c12. The number of nitrogens with zero attached hydrogens (tertiary/aromatic N) is 3. The standard InChI is InChI=1S/C22H13ClFN3/c23-17-10-4-5-12-19(17)27-22-15-9-6-11-18(24)21(15)25-13-16(22)20(26-27)14-7-2-1-3-8-14/h1-13H. The Hall–Kier alpha value is -3.24. The van der Waals surface area contributed by atoms with E-state index in [1.54, 1.807) is 16.9 Å². The number of hydrogen-bond donors (Lipinski definition) is 0. The van der Waals surface area contributed by atoms with Crippen LogP contribution in [0.1, 0.15) is 0 Å². The van der Waals surface area contributed by atoms with Gasteiger partial charge in [-0.1, -0.05) is 66.2 Å². The molecule has 5 rings (SSSR count). The number of rotatable bonds is 2. The van der Waals surface area contributed by atoms with E-state index in [1.165, 1.54) is 6.07 Å². The van der Waals surface area contributed by atoms with E-state index >= 15 is 0 Å². The van der Waals surface area contributed by atoms with E-state index in [1.807, 2.05) is 60.7 Å². The van der Waals surface area contributed by atoms with Gasteiger partial charge < -0.3 is 0 Å². The molecule has 0 saturated heterocycles. The topological polar surface area (TPSA) is 30.7 Å². The molecule has 0 unspecified atom stereocenters. The van der Waals surface area contributed by atoms with E-state index in [0.717, 1.165) is 27.8 Å². The van der Waals surface area contributed by atoms with Gasteiger partial charge in [0.1, 0.15) is 17.0 Å². The highest BCUT2D eigenvalue weighted by atomic mass is 35.5. The molecule has 0 bridgehead atoms. The number of halogens is 2. The molecule has 3 aromatic carbocycles. The Labute approximate surface area is 159 Å². The third-order valence-electron chi connectivity index (χ3n) is 4.61. The molecule has 0 saturated carbocycles. The van der Waals surface area contributed by atoms with Crippen LogP contribution in [0, 0.1) is 5.82 Å². The maximum atomic E-state index is 14.3. The molecule has 0 spiro atoms. The second-order valence-corrected chi connectivity index (χ2v) is 6.64. The van der Waals surface area contributed by atoms with E-state index in [9.17, 15) is 4.39 Å². The number of pyridine rings is 1. The summed E-state index contributed by atoms with van der Waals surface area (Å²) in [6.07, 6.45) is 1.68. The highest BCUT2D eigenvalue weighted by molar-refractivity contribution is 6.32. The van der Waals surface area contributed by atoms with Crippen molar-refractivity contribution in [2.24, 2.45) is 0 Å². The zero-order valence-electron chi connectivity index (χ0n) is 14.1. The van der Waals surface area contributed by atoms with Gasteiger partial charge in [0.05, 0.1) is 16.2 Å². The van der Waals surface area contributed by atoms with Crippen LogP contribution in [0.15, 0.2) is 79.0 Å². The van der Waals surface area contributed by atoms with Crippen LogP contribution in [-0.4, -0.2) is 14.8 Å². The molecular formula is C22H13ClFN3. The van der Waals surface area contributed by atoms with Crippen molar-refractivity contribution in [1.29, 1.82) is 0 Å². The van der Waals surface area contributed by atoms with Crippen molar-refractivity contribution in [2.75, 3.05) is 0 Å². The molecule has 0 aliphatic heterocycles. The fraction of sp³-hybridized carbons (Fsp3) is 0. The van der Waals surface area contributed by atoms with Gasteiger partial charge in [0, 0.05) is 22.5 Å². The van der Waals surface area contributed by atoms with Crippen molar-refractivity contribution in [2.45, 2.75) is 0 Å². The first-order valence-electron chi connectivity index (χ1n) is 8.50. The van der Waals surface area contributed by atoms with Gasteiger partial charge in [0.15, 0.2) is 0 Å². The molecule has 3 nitrogen and oxygen atoms in total. The molecule has 0 aliphatic carbocycles. The molecule has 0 atom stereocenters. The summed E-state index contributed by atoms with van der Waals surface area (Å²) in [6.45, 7) is 0. The summed E-state index contributed by atoms with van der Waals surface area (Å²) in [5, 5.41) is 6.96. The van der Waals surface area contributed by atoms with Gasteiger partial charge in [-0.15, -0.1) is 0 Å². The molecule has 130 valence electrons. The fourth-order valence-corrected chi connectivity index (χ4v) is 3.60. The summed E-state index contributed by atoms with van der Waals surface area (Å²) in [7, 11) is 0.